The number of hydrogen-bond donors (Lipinski definition) is 1. The Bertz CT molecular complexity index is 379. The van der Waals surface area contributed by atoms with Crippen molar-refractivity contribution in [3.63, 3.8) is 0 Å². The van der Waals surface area contributed by atoms with E-state index >= 15 is 0 Å². The molecule has 0 spiro atoms. The molecule has 1 nitrogen and oxygen atoms in total. The van der Waals surface area contributed by atoms with Crippen molar-refractivity contribution in [2.24, 2.45) is 5.41 Å². The van der Waals surface area contributed by atoms with Gasteiger partial charge in [0.1, 0.15) is 5.82 Å². The normalized spacial score (nSPS) is 18.8. The van der Waals surface area contributed by atoms with Gasteiger partial charge < -0.3 is 5.32 Å². The summed E-state index contributed by atoms with van der Waals surface area (Å²) in [5.74, 6) is -0.219. The van der Waals surface area contributed by atoms with Gasteiger partial charge in [-0.25, -0.2) is 4.39 Å². The first kappa shape index (κ1) is 13.8. The molecule has 1 N–H and O–H groups in total. The van der Waals surface area contributed by atoms with Gasteiger partial charge in [0, 0.05) is 23.7 Å². The summed E-state index contributed by atoms with van der Waals surface area (Å²) in [6.45, 7) is 3.78. The SMILES string of the molecule is CC1(CNCc2c(F)cccc2Cl)CCCCC1. The van der Waals surface area contributed by atoms with Gasteiger partial charge in [-0.05, 0) is 30.4 Å². The van der Waals surface area contributed by atoms with Crippen LogP contribution in [0.5, 0.6) is 0 Å². The van der Waals surface area contributed by atoms with Crippen molar-refractivity contribution in [2.45, 2.75) is 45.6 Å². The zero-order valence-corrected chi connectivity index (χ0v) is 11.7. The van der Waals surface area contributed by atoms with Crippen LogP contribution in [0.15, 0.2) is 18.2 Å². The Morgan fingerprint density at radius 3 is 2.67 bits per heavy atom. The second kappa shape index (κ2) is 6.03. The van der Waals surface area contributed by atoms with Crippen molar-refractivity contribution in [1.82, 2.24) is 5.32 Å². The van der Waals surface area contributed by atoms with Gasteiger partial charge in [-0.1, -0.05) is 43.9 Å². The third-order valence-electron chi connectivity index (χ3n) is 3.98. The molecule has 2 rings (SSSR count). The first-order valence-corrected chi connectivity index (χ1v) is 7.12. The van der Waals surface area contributed by atoms with E-state index in [-0.39, 0.29) is 5.82 Å². The summed E-state index contributed by atoms with van der Waals surface area (Å²) in [7, 11) is 0. The largest absolute Gasteiger partial charge is 0.312 e. The number of nitrogens with one attached hydrogen (secondary N) is 1. The van der Waals surface area contributed by atoms with Crippen LogP contribution in [-0.2, 0) is 6.54 Å². The number of benzene rings is 1. The van der Waals surface area contributed by atoms with E-state index in [0.29, 0.717) is 22.5 Å². The molecule has 0 unspecified atom stereocenters. The highest BCUT2D eigenvalue weighted by atomic mass is 35.5. The molecule has 0 aromatic heterocycles. The fraction of sp³-hybridized carbons (Fsp3) is 0.600. The molecule has 100 valence electrons. The monoisotopic (exact) mass is 269 g/mol. The zero-order chi connectivity index (χ0) is 13.0. The predicted molar refractivity (Wildman–Crippen MR) is 74.3 cm³/mol. The van der Waals surface area contributed by atoms with E-state index in [1.165, 1.54) is 38.2 Å². The molecule has 0 aliphatic heterocycles. The van der Waals surface area contributed by atoms with E-state index in [1.54, 1.807) is 12.1 Å². The van der Waals surface area contributed by atoms with E-state index in [1.807, 2.05) is 0 Å². The van der Waals surface area contributed by atoms with Crippen LogP contribution in [0.3, 0.4) is 0 Å². The molecular weight excluding hydrogens is 249 g/mol. The van der Waals surface area contributed by atoms with Crippen LogP contribution in [0.2, 0.25) is 5.02 Å². The highest BCUT2D eigenvalue weighted by molar-refractivity contribution is 6.31. The van der Waals surface area contributed by atoms with Gasteiger partial charge in [0.05, 0.1) is 0 Å². The smallest absolute Gasteiger partial charge is 0.129 e. The van der Waals surface area contributed by atoms with Crippen LogP contribution < -0.4 is 5.32 Å². The molecule has 18 heavy (non-hydrogen) atoms. The Morgan fingerprint density at radius 2 is 2.00 bits per heavy atom. The fourth-order valence-electron chi connectivity index (χ4n) is 2.77. The molecule has 0 atom stereocenters. The molecule has 3 heteroatoms. The van der Waals surface area contributed by atoms with E-state index in [0.717, 1.165) is 6.54 Å². The summed E-state index contributed by atoms with van der Waals surface area (Å²) in [6, 6.07) is 4.85. The number of rotatable bonds is 4. The molecule has 0 radical (unpaired) electrons. The lowest BCUT2D eigenvalue weighted by Crippen LogP contribution is -2.33. The third kappa shape index (κ3) is 3.46. The Morgan fingerprint density at radius 1 is 1.28 bits per heavy atom. The molecule has 0 heterocycles. The Hall–Kier alpha value is -0.600. The van der Waals surface area contributed by atoms with Crippen LogP contribution in [-0.4, -0.2) is 6.54 Å². The molecule has 0 amide bonds. The maximum Gasteiger partial charge on any atom is 0.129 e. The molecule has 1 aromatic rings. The van der Waals surface area contributed by atoms with Gasteiger partial charge in [0.15, 0.2) is 0 Å². The second-order valence-corrected chi connectivity index (χ2v) is 6.08. The standard InChI is InChI=1S/C15H21ClFN/c1-15(8-3-2-4-9-15)11-18-10-12-13(16)6-5-7-14(12)17/h5-7,18H,2-4,8-11H2,1H3. The Balaban J connectivity index is 1.88. The number of hydrogen-bond acceptors (Lipinski definition) is 1. The minimum atomic E-state index is -0.219. The molecule has 1 aliphatic carbocycles. The Kier molecular flexibility index (Phi) is 4.63. The topological polar surface area (TPSA) is 12.0 Å². The lowest BCUT2D eigenvalue weighted by molar-refractivity contribution is 0.207. The molecule has 0 bridgehead atoms. The molecule has 1 saturated carbocycles. The summed E-state index contributed by atoms with van der Waals surface area (Å²) < 4.78 is 13.6. The maximum absolute atomic E-state index is 13.6. The van der Waals surface area contributed by atoms with Gasteiger partial charge in [0.2, 0.25) is 0 Å². The van der Waals surface area contributed by atoms with E-state index in [2.05, 4.69) is 12.2 Å². The van der Waals surface area contributed by atoms with Crippen molar-refractivity contribution >= 4 is 11.6 Å². The molecule has 0 saturated heterocycles. The second-order valence-electron chi connectivity index (χ2n) is 5.68. The lowest BCUT2D eigenvalue weighted by atomic mass is 9.76. The van der Waals surface area contributed by atoms with Crippen LogP contribution in [0, 0.1) is 11.2 Å². The minimum absolute atomic E-state index is 0.219. The van der Waals surface area contributed by atoms with Gasteiger partial charge >= 0.3 is 0 Å². The highest BCUT2D eigenvalue weighted by Crippen LogP contribution is 2.35. The Labute approximate surface area is 114 Å². The van der Waals surface area contributed by atoms with Crippen molar-refractivity contribution in [1.29, 1.82) is 0 Å². The first-order chi connectivity index (χ1) is 8.61. The summed E-state index contributed by atoms with van der Waals surface area (Å²) in [5, 5.41) is 3.88. The van der Waals surface area contributed by atoms with Crippen LogP contribution in [0.25, 0.3) is 0 Å². The lowest BCUT2D eigenvalue weighted by Gasteiger charge is -2.33. The quantitative estimate of drug-likeness (QED) is 0.846. The third-order valence-corrected chi connectivity index (χ3v) is 4.33. The van der Waals surface area contributed by atoms with Crippen molar-refractivity contribution in [3.8, 4) is 0 Å². The molecular formula is C15H21ClFN. The molecule has 1 aromatic carbocycles. The van der Waals surface area contributed by atoms with E-state index < -0.39 is 0 Å². The fourth-order valence-corrected chi connectivity index (χ4v) is 3.00. The van der Waals surface area contributed by atoms with Crippen molar-refractivity contribution in [2.75, 3.05) is 6.54 Å². The van der Waals surface area contributed by atoms with Crippen LogP contribution >= 0.6 is 11.6 Å². The van der Waals surface area contributed by atoms with Crippen molar-refractivity contribution in [3.05, 3.63) is 34.6 Å². The minimum Gasteiger partial charge on any atom is -0.312 e. The van der Waals surface area contributed by atoms with Crippen molar-refractivity contribution < 1.29 is 4.39 Å². The van der Waals surface area contributed by atoms with Gasteiger partial charge in [0.25, 0.3) is 0 Å². The average Bonchev–Trinajstić information content (AvgIpc) is 2.34. The zero-order valence-electron chi connectivity index (χ0n) is 10.9. The average molecular weight is 270 g/mol. The van der Waals surface area contributed by atoms with E-state index in [9.17, 15) is 4.39 Å². The van der Waals surface area contributed by atoms with Crippen LogP contribution in [0.1, 0.15) is 44.6 Å². The van der Waals surface area contributed by atoms with Gasteiger partial charge in [-0.3, -0.25) is 0 Å². The van der Waals surface area contributed by atoms with Gasteiger partial charge in [-0.2, -0.15) is 0 Å². The highest BCUT2D eigenvalue weighted by Gasteiger charge is 2.26. The predicted octanol–water partition coefficient (Wildman–Crippen LogP) is 4.54. The van der Waals surface area contributed by atoms with E-state index in [4.69, 9.17) is 11.6 Å². The molecule has 1 aliphatic rings. The summed E-state index contributed by atoms with van der Waals surface area (Å²) >= 11 is 6.01. The van der Waals surface area contributed by atoms with Gasteiger partial charge in [-0.15, -0.1) is 0 Å². The summed E-state index contributed by atoms with van der Waals surface area (Å²) in [6.07, 6.45) is 6.53. The first-order valence-electron chi connectivity index (χ1n) is 6.74. The summed E-state index contributed by atoms with van der Waals surface area (Å²) in [4.78, 5) is 0. The molecule has 1 fully saturated rings. The van der Waals surface area contributed by atoms with Crippen LogP contribution in [0.4, 0.5) is 4.39 Å². The summed E-state index contributed by atoms with van der Waals surface area (Å²) in [5.41, 5.74) is 0.953. The maximum atomic E-state index is 13.6. The number of halogens is 2.